The maximum absolute atomic E-state index is 5.64. The van der Waals surface area contributed by atoms with Gasteiger partial charge in [-0.3, -0.25) is 4.99 Å². The lowest BCUT2D eigenvalue weighted by atomic mass is 10.2. The highest BCUT2D eigenvalue weighted by Crippen LogP contribution is 2.27. The van der Waals surface area contributed by atoms with Crippen LogP contribution in [0.15, 0.2) is 41.5 Å². The highest BCUT2D eigenvalue weighted by Gasteiger charge is 2.10. The van der Waals surface area contributed by atoms with Gasteiger partial charge in [-0.1, -0.05) is 6.07 Å². The van der Waals surface area contributed by atoms with Gasteiger partial charge >= 0.3 is 0 Å². The van der Waals surface area contributed by atoms with Crippen molar-refractivity contribution in [3.63, 3.8) is 0 Å². The molecular formula is C19H28N4O2. The second-order valence-corrected chi connectivity index (χ2v) is 5.79. The quantitative estimate of drug-likeness (QED) is 0.620. The number of ether oxygens (including phenoxy) is 2. The van der Waals surface area contributed by atoms with E-state index in [2.05, 4.69) is 25.8 Å². The van der Waals surface area contributed by atoms with Crippen molar-refractivity contribution in [2.75, 3.05) is 27.8 Å². The Morgan fingerprint density at radius 1 is 1.28 bits per heavy atom. The molecular weight excluding hydrogens is 316 g/mol. The molecule has 0 aliphatic rings. The zero-order valence-electron chi connectivity index (χ0n) is 15.7. The van der Waals surface area contributed by atoms with Gasteiger partial charge < -0.3 is 24.3 Å². The zero-order chi connectivity index (χ0) is 18.2. The molecule has 1 N–H and O–H groups in total. The van der Waals surface area contributed by atoms with Crippen molar-refractivity contribution in [2.24, 2.45) is 12.0 Å². The summed E-state index contributed by atoms with van der Waals surface area (Å²) in [7, 11) is 7.52. The van der Waals surface area contributed by atoms with E-state index >= 15 is 0 Å². The first kappa shape index (κ1) is 18.7. The molecule has 6 nitrogen and oxygen atoms in total. The van der Waals surface area contributed by atoms with E-state index in [9.17, 15) is 0 Å². The number of hydrogen-bond acceptors (Lipinski definition) is 3. The third-order valence-corrected chi connectivity index (χ3v) is 4.00. The van der Waals surface area contributed by atoms with Crippen LogP contribution < -0.4 is 14.8 Å². The number of benzene rings is 1. The first-order valence-corrected chi connectivity index (χ1v) is 8.40. The van der Waals surface area contributed by atoms with Gasteiger partial charge in [0.05, 0.1) is 20.3 Å². The Bertz CT molecular complexity index is 709. The van der Waals surface area contributed by atoms with Gasteiger partial charge in [0.25, 0.3) is 0 Å². The maximum Gasteiger partial charge on any atom is 0.194 e. The first-order chi connectivity index (χ1) is 12.1. The number of nitrogens with one attached hydrogen (secondary N) is 1. The van der Waals surface area contributed by atoms with E-state index in [4.69, 9.17) is 9.47 Å². The molecule has 0 aliphatic carbocycles. The van der Waals surface area contributed by atoms with Crippen LogP contribution in [0.4, 0.5) is 0 Å². The minimum Gasteiger partial charge on any atom is -0.493 e. The molecule has 6 heteroatoms. The molecule has 1 aromatic heterocycles. The average Bonchev–Trinajstić information content (AvgIpc) is 3.01. The minimum atomic E-state index is 0.605. The third kappa shape index (κ3) is 4.92. The number of hydrogen-bond donors (Lipinski definition) is 1. The minimum absolute atomic E-state index is 0.605. The van der Waals surface area contributed by atoms with Crippen LogP contribution in [0, 0.1) is 0 Å². The van der Waals surface area contributed by atoms with Crippen LogP contribution in [0.1, 0.15) is 18.2 Å². The van der Waals surface area contributed by atoms with E-state index in [1.807, 2.05) is 51.5 Å². The Balaban J connectivity index is 2.00. The fourth-order valence-corrected chi connectivity index (χ4v) is 2.64. The monoisotopic (exact) mass is 344 g/mol. The van der Waals surface area contributed by atoms with E-state index in [0.717, 1.165) is 29.6 Å². The van der Waals surface area contributed by atoms with Crippen LogP contribution in [-0.2, 0) is 20.1 Å². The maximum atomic E-state index is 5.64. The predicted octanol–water partition coefficient (Wildman–Crippen LogP) is 2.64. The number of guanidine groups is 1. The lowest BCUT2D eigenvalue weighted by Gasteiger charge is -2.22. The highest BCUT2D eigenvalue weighted by molar-refractivity contribution is 5.79. The van der Waals surface area contributed by atoms with Crippen molar-refractivity contribution in [3.8, 4) is 11.5 Å². The van der Waals surface area contributed by atoms with Crippen LogP contribution >= 0.6 is 0 Å². The molecule has 0 aliphatic heterocycles. The zero-order valence-corrected chi connectivity index (χ0v) is 15.7. The fraction of sp³-hybridized carbons (Fsp3) is 0.421. The average molecular weight is 344 g/mol. The van der Waals surface area contributed by atoms with Gasteiger partial charge in [-0.25, -0.2) is 0 Å². The van der Waals surface area contributed by atoms with Crippen LogP contribution in [0.25, 0.3) is 0 Å². The highest BCUT2D eigenvalue weighted by atomic mass is 16.5. The Morgan fingerprint density at radius 2 is 2.08 bits per heavy atom. The number of aryl methyl sites for hydroxylation is 1. The van der Waals surface area contributed by atoms with Crippen LogP contribution in [0.5, 0.6) is 11.5 Å². The SMILES string of the molecule is CCOc1cc(CNC(=NC)N(C)Cc2cccn2C)ccc1OC. The molecule has 0 saturated heterocycles. The molecule has 136 valence electrons. The summed E-state index contributed by atoms with van der Waals surface area (Å²) < 4.78 is 13.1. The molecule has 1 aromatic carbocycles. The topological polar surface area (TPSA) is 51.0 Å². The second kappa shape index (κ2) is 9.01. The van der Waals surface area contributed by atoms with Crippen LogP contribution in [0.2, 0.25) is 0 Å². The standard InChI is InChI=1S/C19H28N4O2/c1-6-25-18-12-15(9-10-17(18)24-5)13-21-19(20-2)23(4)14-16-8-7-11-22(16)3/h7-12H,6,13-14H2,1-5H3,(H,20,21). The predicted molar refractivity (Wildman–Crippen MR) is 101 cm³/mol. The molecule has 0 saturated carbocycles. The van der Waals surface area contributed by atoms with Crippen LogP contribution in [-0.4, -0.2) is 43.2 Å². The van der Waals surface area contributed by atoms with Gasteiger partial charge in [-0.05, 0) is 36.8 Å². The number of rotatable bonds is 7. The molecule has 0 radical (unpaired) electrons. The molecule has 25 heavy (non-hydrogen) atoms. The summed E-state index contributed by atoms with van der Waals surface area (Å²) >= 11 is 0. The Morgan fingerprint density at radius 3 is 2.68 bits per heavy atom. The van der Waals surface area contributed by atoms with E-state index in [1.165, 1.54) is 5.69 Å². The Hall–Kier alpha value is -2.63. The van der Waals surface area contributed by atoms with Crippen LogP contribution in [0.3, 0.4) is 0 Å². The second-order valence-electron chi connectivity index (χ2n) is 5.79. The van der Waals surface area contributed by atoms with Gasteiger partial charge in [0, 0.05) is 39.6 Å². The van der Waals surface area contributed by atoms with Gasteiger partial charge in [0.15, 0.2) is 17.5 Å². The molecule has 2 aromatic rings. The van der Waals surface area contributed by atoms with Gasteiger partial charge in [-0.2, -0.15) is 0 Å². The number of methoxy groups -OCH3 is 1. The summed E-state index contributed by atoms with van der Waals surface area (Å²) in [5.74, 6) is 2.35. The summed E-state index contributed by atoms with van der Waals surface area (Å²) in [4.78, 5) is 6.47. The van der Waals surface area contributed by atoms with Crippen molar-refractivity contribution in [1.82, 2.24) is 14.8 Å². The fourth-order valence-electron chi connectivity index (χ4n) is 2.64. The number of nitrogens with zero attached hydrogens (tertiary/aromatic N) is 3. The Kier molecular flexibility index (Phi) is 6.74. The first-order valence-electron chi connectivity index (χ1n) is 8.40. The number of aromatic nitrogens is 1. The summed E-state index contributed by atoms with van der Waals surface area (Å²) in [5.41, 5.74) is 2.34. The smallest absolute Gasteiger partial charge is 0.194 e. The number of aliphatic imine (C=N–C) groups is 1. The van der Waals surface area contributed by atoms with E-state index < -0.39 is 0 Å². The van der Waals surface area contributed by atoms with Crippen molar-refractivity contribution < 1.29 is 9.47 Å². The van der Waals surface area contributed by atoms with Crippen molar-refractivity contribution >= 4 is 5.96 Å². The van der Waals surface area contributed by atoms with Gasteiger partial charge in [-0.15, -0.1) is 0 Å². The molecule has 0 atom stereocenters. The van der Waals surface area contributed by atoms with E-state index in [0.29, 0.717) is 13.2 Å². The normalized spacial score (nSPS) is 11.3. The summed E-state index contributed by atoms with van der Waals surface area (Å²) in [6, 6.07) is 10.1. The van der Waals surface area contributed by atoms with E-state index in [-0.39, 0.29) is 0 Å². The lowest BCUT2D eigenvalue weighted by molar-refractivity contribution is 0.310. The molecule has 0 unspecified atom stereocenters. The molecule has 0 amide bonds. The molecule has 0 fully saturated rings. The third-order valence-electron chi connectivity index (χ3n) is 4.00. The summed E-state index contributed by atoms with van der Waals surface area (Å²) in [6.07, 6.45) is 2.05. The summed E-state index contributed by atoms with van der Waals surface area (Å²) in [6.45, 7) is 4.02. The molecule has 0 spiro atoms. The van der Waals surface area contributed by atoms with Crippen molar-refractivity contribution in [2.45, 2.75) is 20.0 Å². The van der Waals surface area contributed by atoms with Gasteiger partial charge in [0.2, 0.25) is 0 Å². The van der Waals surface area contributed by atoms with Gasteiger partial charge in [0.1, 0.15) is 0 Å². The lowest BCUT2D eigenvalue weighted by Crippen LogP contribution is -2.38. The largest absolute Gasteiger partial charge is 0.493 e. The molecule has 0 bridgehead atoms. The van der Waals surface area contributed by atoms with E-state index in [1.54, 1.807) is 14.2 Å². The Labute approximate surface area is 150 Å². The molecule has 1 heterocycles. The van der Waals surface area contributed by atoms with Crippen molar-refractivity contribution in [1.29, 1.82) is 0 Å². The van der Waals surface area contributed by atoms with Crippen molar-refractivity contribution in [3.05, 3.63) is 47.8 Å². The molecule has 2 rings (SSSR count). The summed E-state index contributed by atoms with van der Waals surface area (Å²) in [5, 5.41) is 3.39.